The van der Waals surface area contributed by atoms with Crippen LogP contribution in [-0.2, 0) is 28.9 Å². The lowest BCUT2D eigenvalue weighted by Crippen LogP contribution is -2.17. The number of benzene rings is 2. The minimum Gasteiger partial charge on any atom is -0.459 e. The molecule has 0 atom stereocenters. The van der Waals surface area contributed by atoms with Crippen LogP contribution in [0, 0.1) is 0 Å². The normalized spacial score (nSPS) is 10.7. The standard InChI is InChI=1S/C27H36N6O3/c1-2-16-36-27-32-25(29-15-18-35-20-19-34-17-14-28)31-26(33-27)30-21-24-11-7-6-10-23(24)13-12-22-8-4-3-5-9-22/h2-11H,1,12-21,28H2,(H2,29,30,31,32,33). The van der Waals surface area contributed by atoms with Gasteiger partial charge >= 0.3 is 6.01 Å². The Hall–Kier alpha value is -3.53. The van der Waals surface area contributed by atoms with Crippen LogP contribution in [-0.4, -0.2) is 61.1 Å². The van der Waals surface area contributed by atoms with Crippen molar-refractivity contribution in [3.8, 4) is 6.01 Å². The fraction of sp³-hybridized carbons (Fsp3) is 0.370. The van der Waals surface area contributed by atoms with E-state index in [4.69, 9.17) is 19.9 Å². The van der Waals surface area contributed by atoms with Crippen molar-refractivity contribution in [2.45, 2.75) is 19.4 Å². The number of aryl methyl sites for hydroxylation is 2. The van der Waals surface area contributed by atoms with Gasteiger partial charge in [0.15, 0.2) is 0 Å². The van der Waals surface area contributed by atoms with Crippen molar-refractivity contribution < 1.29 is 14.2 Å². The van der Waals surface area contributed by atoms with E-state index in [2.05, 4.69) is 74.6 Å². The van der Waals surface area contributed by atoms with Crippen molar-refractivity contribution in [3.05, 3.63) is 83.9 Å². The number of hydrogen-bond acceptors (Lipinski definition) is 9. The third-order valence-electron chi connectivity index (χ3n) is 5.19. The van der Waals surface area contributed by atoms with E-state index in [1.807, 2.05) is 12.1 Å². The van der Waals surface area contributed by atoms with E-state index in [0.29, 0.717) is 64.6 Å². The van der Waals surface area contributed by atoms with Crippen molar-refractivity contribution in [3.63, 3.8) is 0 Å². The van der Waals surface area contributed by atoms with Crippen molar-refractivity contribution in [2.24, 2.45) is 5.73 Å². The summed E-state index contributed by atoms with van der Waals surface area (Å²) in [5.41, 5.74) is 9.20. The van der Waals surface area contributed by atoms with Gasteiger partial charge in [0.25, 0.3) is 0 Å². The van der Waals surface area contributed by atoms with E-state index in [1.165, 1.54) is 16.7 Å². The minimum absolute atomic E-state index is 0.225. The van der Waals surface area contributed by atoms with Crippen LogP contribution < -0.4 is 21.1 Å². The Bertz CT molecular complexity index is 1040. The summed E-state index contributed by atoms with van der Waals surface area (Å²) in [5.74, 6) is 0.840. The summed E-state index contributed by atoms with van der Waals surface area (Å²) in [6, 6.07) is 19.1. The van der Waals surface area contributed by atoms with Gasteiger partial charge in [0.2, 0.25) is 11.9 Å². The Morgan fingerprint density at radius 1 is 0.778 bits per heavy atom. The molecule has 3 rings (SSSR count). The van der Waals surface area contributed by atoms with Gasteiger partial charge in [-0.3, -0.25) is 0 Å². The molecule has 0 bridgehead atoms. The summed E-state index contributed by atoms with van der Waals surface area (Å²) in [4.78, 5) is 13.2. The fourth-order valence-electron chi connectivity index (χ4n) is 3.42. The smallest absolute Gasteiger partial charge is 0.323 e. The highest BCUT2D eigenvalue weighted by Crippen LogP contribution is 2.16. The van der Waals surface area contributed by atoms with Gasteiger partial charge in [-0.25, -0.2) is 0 Å². The highest BCUT2D eigenvalue weighted by Gasteiger charge is 2.09. The van der Waals surface area contributed by atoms with Gasteiger partial charge in [-0.2, -0.15) is 15.0 Å². The molecule has 0 saturated heterocycles. The molecule has 0 fully saturated rings. The molecular formula is C27H36N6O3. The number of ether oxygens (including phenoxy) is 3. The second kappa shape index (κ2) is 16.2. The zero-order valence-corrected chi connectivity index (χ0v) is 20.7. The van der Waals surface area contributed by atoms with Gasteiger partial charge < -0.3 is 30.6 Å². The quantitative estimate of drug-likeness (QED) is 0.182. The first-order chi connectivity index (χ1) is 17.8. The van der Waals surface area contributed by atoms with Gasteiger partial charge in [0, 0.05) is 19.6 Å². The molecule has 0 aliphatic rings. The van der Waals surface area contributed by atoms with E-state index in [0.717, 1.165) is 12.8 Å². The number of anilines is 2. The lowest BCUT2D eigenvalue weighted by molar-refractivity contribution is 0.0547. The molecule has 36 heavy (non-hydrogen) atoms. The van der Waals surface area contributed by atoms with Crippen molar-refractivity contribution >= 4 is 11.9 Å². The number of nitrogens with zero attached hydrogens (tertiary/aromatic N) is 3. The first-order valence-corrected chi connectivity index (χ1v) is 12.2. The Kier molecular flexibility index (Phi) is 12.2. The summed E-state index contributed by atoms with van der Waals surface area (Å²) in [7, 11) is 0. The summed E-state index contributed by atoms with van der Waals surface area (Å²) < 4.78 is 16.4. The zero-order valence-electron chi connectivity index (χ0n) is 20.7. The summed E-state index contributed by atoms with van der Waals surface area (Å²) in [6.45, 7) is 7.65. The third-order valence-corrected chi connectivity index (χ3v) is 5.19. The van der Waals surface area contributed by atoms with E-state index in [-0.39, 0.29) is 6.01 Å². The van der Waals surface area contributed by atoms with Gasteiger partial charge in [-0.05, 0) is 29.5 Å². The third kappa shape index (κ3) is 9.99. The van der Waals surface area contributed by atoms with Crippen LogP contribution in [0.25, 0.3) is 0 Å². The maximum absolute atomic E-state index is 5.56. The van der Waals surface area contributed by atoms with E-state index in [1.54, 1.807) is 6.08 Å². The molecule has 9 heteroatoms. The van der Waals surface area contributed by atoms with Crippen LogP contribution in [0.15, 0.2) is 67.3 Å². The van der Waals surface area contributed by atoms with E-state index < -0.39 is 0 Å². The summed E-state index contributed by atoms with van der Waals surface area (Å²) >= 11 is 0. The van der Waals surface area contributed by atoms with Crippen LogP contribution in [0.4, 0.5) is 11.9 Å². The van der Waals surface area contributed by atoms with Crippen LogP contribution in [0.2, 0.25) is 0 Å². The number of hydrogen-bond donors (Lipinski definition) is 3. The summed E-state index contributed by atoms with van der Waals surface area (Å²) in [6.07, 6.45) is 3.59. The van der Waals surface area contributed by atoms with Crippen LogP contribution in [0.5, 0.6) is 6.01 Å². The summed E-state index contributed by atoms with van der Waals surface area (Å²) in [5, 5.41) is 6.48. The van der Waals surface area contributed by atoms with Gasteiger partial charge in [-0.15, -0.1) is 0 Å². The second-order valence-corrected chi connectivity index (χ2v) is 7.91. The minimum atomic E-state index is 0.225. The van der Waals surface area contributed by atoms with Crippen molar-refractivity contribution in [2.75, 3.05) is 56.8 Å². The molecule has 0 aliphatic heterocycles. The van der Waals surface area contributed by atoms with Crippen LogP contribution >= 0.6 is 0 Å². The van der Waals surface area contributed by atoms with Crippen LogP contribution in [0.1, 0.15) is 16.7 Å². The predicted molar refractivity (Wildman–Crippen MR) is 142 cm³/mol. The fourth-order valence-corrected chi connectivity index (χ4v) is 3.42. The predicted octanol–water partition coefficient (Wildman–Crippen LogP) is 3.24. The van der Waals surface area contributed by atoms with Gasteiger partial charge in [0.05, 0.1) is 26.4 Å². The average molecular weight is 493 g/mol. The molecule has 1 aromatic heterocycles. The first kappa shape index (κ1) is 27.1. The lowest BCUT2D eigenvalue weighted by Gasteiger charge is -2.13. The SMILES string of the molecule is C=CCOc1nc(NCCOCCOCCN)nc(NCc2ccccc2CCc2ccccc2)n1. The molecule has 0 aliphatic carbocycles. The molecule has 4 N–H and O–H groups in total. The first-order valence-electron chi connectivity index (χ1n) is 12.2. The monoisotopic (exact) mass is 492 g/mol. The maximum atomic E-state index is 5.56. The highest BCUT2D eigenvalue weighted by molar-refractivity contribution is 5.38. The molecule has 9 nitrogen and oxygen atoms in total. The zero-order chi connectivity index (χ0) is 25.3. The molecule has 0 saturated carbocycles. The average Bonchev–Trinajstić information content (AvgIpc) is 2.92. The Balaban J connectivity index is 1.56. The van der Waals surface area contributed by atoms with E-state index >= 15 is 0 Å². The Labute approximate surface area is 213 Å². The van der Waals surface area contributed by atoms with Crippen LogP contribution in [0.3, 0.4) is 0 Å². The number of aromatic nitrogens is 3. The molecule has 0 unspecified atom stereocenters. The number of nitrogens with two attached hydrogens (primary N) is 1. The largest absolute Gasteiger partial charge is 0.459 e. The Morgan fingerprint density at radius 2 is 1.47 bits per heavy atom. The van der Waals surface area contributed by atoms with Crippen molar-refractivity contribution in [1.82, 2.24) is 15.0 Å². The van der Waals surface area contributed by atoms with Crippen molar-refractivity contribution in [1.29, 1.82) is 0 Å². The molecular weight excluding hydrogens is 456 g/mol. The molecule has 0 amide bonds. The number of rotatable bonds is 18. The molecule has 1 heterocycles. The second-order valence-electron chi connectivity index (χ2n) is 7.91. The Morgan fingerprint density at radius 3 is 2.22 bits per heavy atom. The van der Waals surface area contributed by atoms with E-state index in [9.17, 15) is 0 Å². The number of nitrogens with one attached hydrogen (secondary N) is 2. The molecule has 0 spiro atoms. The lowest BCUT2D eigenvalue weighted by atomic mass is 10.00. The topological polar surface area (TPSA) is 116 Å². The molecule has 192 valence electrons. The van der Waals surface area contributed by atoms with Gasteiger partial charge in [-0.1, -0.05) is 67.3 Å². The molecule has 2 aromatic carbocycles. The highest BCUT2D eigenvalue weighted by atomic mass is 16.5. The maximum Gasteiger partial charge on any atom is 0.323 e. The molecule has 0 radical (unpaired) electrons. The van der Waals surface area contributed by atoms with Gasteiger partial charge in [0.1, 0.15) is 6.61 Å². The molecule has 3 aromatic rings.